The molecule has 0 radical (unpaired) electrons. The smallest absolute Gasteiger partial charge is 0.237 e. The van der Waals surface area contributed by atoms with Crippen LogP contribution in [0, 0.1) is 6.92 Å². The summed E-state index contributed by atoms with van der Waals surface area (Å²) < 4.78 is 0. The van der Waals surface area contributed by atoms with E-state index in [1.807, 2.05) is 18.3 Å². The van der Waals surface area contributed by atoms with E-state index in [2.05, 4.69) is 50.5 Å². The highest BCUT2D eigenvalue weighted by atomic mass is 32.1. The molecule has 0 spiro atoms. The molecule has 4 heteroatoms. The minimum Gasteiger partial charge on any atom is -0.352 e. The van der Waals surface area contributed by atoms with Crippen LogP contribution in [-0.4, -0.2) is 24.0 Å². The second-order valence-corrected chi connectivity index (χ2v) is 7.08. The molecule has 0 fully saturated rings. The van der Waals surface area contributed by atoms with Crippen LogP contribution in [0.3, 0.4) is 0 Å². The molecule has 3 unspecified atom stereocenters. The van der Waals surface area contributed by atoms with E-state index in [4.69, 9.17) is 0 Å². The van der Waals surface area contributed by atoms with Gasteiger partial charge >= 0.3 is 0 Å². The van der Waals surface area contributed by atoms with Gasteiger partial charge in [-0.15, -0.1) is 11.3 Å². The molecular formula is C16H28N2OS. The lowest BCUT2D eigenvalue weighted by molar-refractivity contribution is -0.123. The van der Waals surface area contributed by atoms with Crippen molar-refractivity contribution >= 4 is 17.2 Å². The second kappa shape index (κ2) is 8.42. The summed E-state index contributed by atoms with van der Waals surface area (Å²) in [4.78, 5) is 14.8. The van der Waals surface area contributed by atoms with E-state index in [0.717, 1.165) is 19.3 Å². The van der Waals surface area contributed by atoms with Gasteiger partial charge in [0.1, 0.15) is 0 Å². The maximum Gasteiger partial charge on any atom is 0.237 e. The first-order chi connectivity index (χ1) is 9.42. The summed E-state index contributed by atoms with van der Waals surface area (Å²) in [5.74, 6) is 0.0974. The van der Waals surface area contributed by atoms with Crippen LogP contribution < -0.4 is 10.6 Å². The monoisotopic (exact) mass is 296 g/mol. The molecule has 0 aliphatic heterocycles. The summed E-state index contributed by atoms with van der Waals surface area (Å²) in [5, 5.41) is 6.43. The SMILES string of the molecule is CCCC(C)NC(=O)C(C)NC(C)Cc1ccc(C)s1. The third kappa shape index (κ3) is 6.06. The van der Waals surface area contributed by atoms with E-state index in [1.165, 1.54) is 9.75 Å². The zero-order valence-corrected chi connectivity index (χ0v) is 14.1. The van der Waals surface area contributed by atoms with E-state index >= 15 is 0 Å². The predicted octanol–water partition coefficient (Wildman–Crippen LogP) is 3.27. The average molecular weight is 296 g/mol. The Labute approximate surface area is 127 Å². The summed E-state index contributed by atoms with van der Waals surface area (Å²) in [5.41, 5.74) is 0. The molecule has 1 rings (SSSR count). The number of hydrogen-bond acceptors (Lipinski definition) is 3. The molecule has 1 amide bonds. The Bertz CT molecular complexity index is 416. The van der Waals surface area contributed by atoms with E-state index in [-0.39, 0.29) is 18.0 Å². The lowest BCUT2D eigenvalue weighted by Crippen LogP contribution is -2.48. The molecule has 3 atom stereocenters. The number of aryl methyl sites for hydroxylation is 1. The first-order valence-corrected chi connectivity index (χ1v) is 8.35. The zero-order valence-electron chi connectivity index (χ0n) is 13.3. The van der Waals surface area contributed by atoms with Gasteiger partial charge in [-0.3, -0.25) is 4.79 Å². The maximum atomic E-state index is 12.0. The van der Waals surface area contributed by atoms with Crippen LogP contribution >= 0.6 is 11.3 Å². The van der Waals surface area contributed by atoms with Crippen LogP contribution in [0.2, 0.25) is 0 Å². The Hall–Kier alpha value is -0.870. The van der Waals surface area contributed by atoms with Gasteiger partial charge in [-0.25, -0.2) is 0 Å². The number of thiophene rings is 1. The molecule has 0 aliphatic rings. The zero-order chi connectivity index (χ0) is 15.1. The van der Waals surface area contributed by atoms with Crippen LogP contribution in [0.25, 0.3) is 0 Å². The Morgan fingerprint density at radius 2 is 1.95 bits per heavy atom. The van der Waals surface area contributed by atoms with Crippen LogP contribution in [0.5, 0.6) is 0 Å². The molecule has 0 aliphatic carbocycles. The van der Waals surface area contributed by atoms with Gasteiger partial charge in [0.25, 0.3) is 0 Å². The molecule has 20 heavy (non-hydrogen) atoms. The van der Waals surface area contributed by atoms with Gasteiger partial charge in [-0.05, 0) is 52.7 Å². The number of amides is 1. The Kier molecular flexibility index (Phi) is 7.24. The molecule has 2 N–H and O–H groups in total. The number of carbonyl (C=O) groups is 1. The third-order valence-electron chi connectivity index (χ3n) is 3.34. The van der Waals surface area contributed by atoms with Gasteiger partial charge in [0, 0.05) is 21.8 Å². The normalized spacial score (nSPS) is 15.7. The largest absolute Gasteiger partial charge is 0.352 e. The van der Waals surface area contributed by atoms with Crippen molar-refractivity contribution in [2.75, 3.05) is 0 Å². The fourth-order valence-corrected chi connectivity index (χ4v) is 3.35. The van der Waals surface area contributed by atoms with Crippen molar-refractivity contribution in [2.45, 2.75) is 72.0 Å². The van der Waals surface area contributed by atoms with Crippen molar-refractivity contribution in [3.63, 3.8) is 0 Å². The fraction of sp³-hybridized carbons (Fsp3) is 0.688. The van der Waals surface area contributed by atoms with Crippen LogP contribution in [0.1, 0.15) is 50.3 Å². The summed E-state index contributed by atoms with van der Waals surface area (Å²) in [7, 11) is 0. The highest BCUT2D eigenvalue weighted by Crippen LogP contribution is 2.16. The predicted molar refractivity (Wildman–Crippen MR) is 87.3 cm³/mol. The number of hydrogen-bond donors (Lipinski definition) is 2. The Morgan fingerprint density at radius 1 is 1.25 bits per heavy atom. The molecule has 0 aromatic carbocycles. The van der Waals surface area contributed by atoms with E-state index in [1.54, 1.807) is 0 Å². The van der Waals surface area contributed by atoms with Gasteiger partial charge < -0.3 is 10.6 Å². The summed E-state index contributed by atoms with van der Waals surface area (Å²) in [6.07, 6.45) is 3.10. The summed E-state index contributed by atoms with van der Waals surface area (Å²) >= 11 is 1.83. The molecule has 0 bridgehead atoms. The molecule has 0 saturated carbocycles. The fourth-order valence-electron chi connectivity index (χ4n) is 2.33. The standard InChI is InChI=1S/C16H28N2OS/c1-6-7-11(2)18-16(19)14(5)17-12(3)10-15-9-8-13(4)20-15/h8-9,11-12,14,17H,6-7,10H2,1-5H3,(H,18,19). The molecule has 0 saturated heterocycles. The summed E-state index contributed by atoms with van der Waals surface area (Å²) in [6, 6.07) is 4.73. The molecule has 1 aromatic heterocycles. The number of carbonyl (C=O) groups excluding carboxylic acids is 1. The molecule has 114 valence electrons. The molecule has 3 nitrogen and oxygen atoms in total. The van der Waals surface area contributed by atoms with Gasteiger partial charge in [0.15, 0.2) is 0 Å². The second-order valence-electron chi connectivity index (χ2n) is 5.70. The van der Waals surface area contributed by atoms with E-state index in [0.29, 0.717) is 6.04 Å². The minimum absolute atomic E-state index is 0.0974. The van der Waals surface area contributed by atoms with Gasteiger partial charge in [0.05, 0.1) is 6.04 Å². The molecule has 1 aromatic rings. The van der Waals surface area contributed by atoms with Gasteiger partial charge in [0.2, 0.25) is 5.91 Å². The quantitative estimate of drug-likeness (QED) is 0.773. The minimum atomic E-state index is -0.148. The third-order valence-corrected chi connectivity index (χ3v) is 4.36. The Morgan fingerprint density at radius 3 is 2.50 bits per heavy atom. The van der Waals surface area contributed by atoms with Gasteiger partial charge in [-0.2, -0.15) is 0 Å². The van der Waals surface area contributed by atoms with Crippen molar-refractivity contribution in [3.8, 4) is 0 Å². The van der Waals surface area contributed by atoms with Crippen molar-refractivity contribution in [1.82, 2.24) is 10.6 Å². The van der Waals surface area contributed by atoms with E-state index in [9.17, 15) is 4.79 Å². The van der Waals surface area contributed by atoms with Crippen molar-refractivity contribution in [1.29, 1.82) is 0 Å². The van der Waals surface area contributed by atoms with Crippen molar-refractivity contribution in [2.24, 2.45) is 0 Å². The van der Waals surface area contributed by atoms with E-state index < -0.39 is 0 Å². The lowest BCUT2D eigenvalue weighted by Gasteiger charge is -2.21. The van der Waals surface area contributed by atoms with Gasteiger partial charge in [-0.1, -0.05) is 13.3 Å². The number of nitrogens with one attached hydrogen (secondary N) is 2. The van der Waals surface area contributed by atoms with Crippen molar-refractivity contribution < 1.29 is 4.79 Å². The lowest BCUT2D eigenvalue weighted by atomic mass is 10.1. The average Bonchev–Trinajstić information content (AvgIpc) is 2.74. The van der Waals surface area contributed by atoms with Crippen LogP contribution in [-0.2, 0) is 11.2 Å². The highest BCUT2D eigenvalue weighted by Gasteiger charge is 2.17. The van der Waals surface area contributed by atoms with Crippen molar-refractivity contribution in [3.05, 3.63) is 21.9 Å². The maximum absolute atomic E-state index is 12.0. The number of rotatable bonds is 8. The van der Waals surface area contributed by atoms with Crippen LogP contribution in [0.15, 0.2) is 12.1 Å². The topological polar surface area (TPSA) is 41.1 Å². The first kappa shape index (κ1) is 17.2. The first-order valence-electron chi connectivity index (χ1n) is 7.54. The molecule has 1 heterocycles. The molecular weight excluding hydrogens is 268 g/mol. The Balaban J connectivity index is 2.36. The summed E-state index contributed by atoms with van der Waals surface area (Å²) in [6.45, 7) is 10.4. The highest BCUT2D eigenvalue weighted by molar-refractivity contribution is 7.11. The van der Waals surface area contributed by atoms with Crippen LogP contribution in [0.4, 0.5) is 0 Å².